The summed E-state index contributed by atoms with van der Waals surface area (Å²) in [5.74, 6) is -0.675. The van der Waals surface area contributed by atoms with Crippen LogP contribution in [0, 0.1) is 22.9 Å². The Bertz CT molecular complexity index is 1010. The zero-order valence-electron chi connectivity index (χ0n) is 14.0. The summed E-state index contributed by atoms with van der Waals surface area (Å²) in [4.78, 5) is 22.3. The van der Waals surface area contributed by atoms with Crippen LogP contribution in [0.5, 0.6) is 0 Å². The first-order chi connectivity index (χ1) is 12.9. The largest absolute Gasteiger partial charge is 0.411 e. The Morgan fingerprint density at radius 1 is 1.30 bits per heavy atom. The highest BCUT2D eigenvalue weighted by Crippen LogP contribution is 2.26. The standard InChI is InChI=1S/C17H13FN4O4S/c1-10-5-6-12(8-14(10)18)19-15(23)9-27-17-21-20-16(26-17)11-3-2-4-13(7-11)22(24)25/h2-8H,9H2,1H3,(H,19,23). The van der Waals surface area contributed by atoms with E-state index in [1.165, 1.54) is 24.3 Å². The third-order valence-corrected chi connectivity index (χ3v) is 4.31. The van der Waals surface area contributed by atoms with Crippen LogP contribution < -0.4 is 5.32 Å². The maximum atomic E-state index is 13.5. The number of non-ortho nitro benzene ring substituents is 1. The van der Waals surface area contributed by atoms with Crippen LogP contribution in [-0.2, 0) is 4.79 Å². The van der Waals surface area contributed by atoms with Gasteiger partial charge in [0.1, 0.15) is 5.82 Å². The van der Waals surface area contributed by atoms with E-state index in [1.807, 2.05) is 0 Å². The molecule has 3 rings (SSSR count). The van der Waals surface area contributed by atoms with Crippen molar-refractivity contribution < 1.29 is 18.5 Å². The van der Waals surface area contributed by atoms with E-state index in [0.29, 0.717) is 16.8 Å². The van der Waals surface area contributed by atoms with Gasteiger partial charge >= 0.3 is 0 Å². The zero-order valence-corrected chi connectivity index (χ0v) is 14.8. The number of amides is 1. The van der Waals surface area contributed by atoms with Gasteiger partial charge in [-0.1, -0.05) is 23.9 Å². The lowest BCUT2D eigenvalue weighted by Gasteiger charge is -2.05. The van der Waals surface area contributed by atoms with Gasteiger partial charge in [0, 0.05) is 23.4 Å². The Balaban J connectivity index is 1.60. The van der Waals surface area contributed by atoms with Crippen molar-refractivity contribution in [2.45, 2.75) is 12.1 Å². The molecular weight excluding hydrogens is 375 g/mol. The molecule has 138 valence electrons. The van der Waals surface area contributed by atoms with Crippen molar-refractivity contribution in [1.82, 2.24) is 10.2 Å². The van der Waals surface area contributed by atoms with Crippen LogP contribution >= 0.6 is 11.8 Å². The molecule has 0 bridgehead atoms. The molecule has 0 saturated carbocycles. The Hall–Kier alpha value is -3.27. The third-order valence-electron chi connectivity index (χ3n) is 3.49. The molecule has 1 aromatic heterocycles. The summed E-state index contributed by atoms with van der Waals surface area (Å²) in [5.41, 5.74) is 1.15. The second-order valence-corrected chi connectivity index (χ2v) is 6.41. The average Bonchev–Trinajstić information content (AvgIpc) is 3.12. The maximum Gasteiger partial charge on any atom is 0.277 e. The van der Waals surface area contributed by atoms with Gasteiger partial charge in [-0.3, -0.25) is 14.9 Å². The first-order valence-corrected chi connectivity index (χ1v) is 8.68. The van der Waals surface area contributed by atoms with E-state index in [1.54, 1.807) is 25.1 Å². The monoisotopic (exact) mass is 388 g/mol. The lowest BCUT2D eigenvalue weighted by molar-refractivity contribution is -0.384. The van der Waals surface area contributed by atoms with Crippen molar-refractivity contribution in [3.63, 3.8) is 0 Å². The van der Waals surface area contributed by atoms with E-state index >= 15 is 0 Å². The number of nitrogens with zero attached hydrogens (tertiary/aromatic N) is 3. The lowest BCUT2D eigenvalue weighted by atomic mass is 10.2. The van der Waals surface area contributed by atoms with Crippen LogP contribution in [0.1, 0.15) is 5.56 Å². The summed E-state index contributed by atoms with van der Waals surface area (Å²) in [6.07, 6.45) is 0. The van der Waals surface area contributed by atoms with E-state index < -0.39 is 10.7 Å². The highest BCUT2D eigenvalue weighted by molar-refractivity contribution is 7.99. The molecule has 1 N–H and O–H groups in total. The van der Waals surface area contributed by atoms with Crippen LogP contribution in [0.15, 0.2) is 52.1 Å². The van der Waals surface area contributed by atoms with E-state index in [4.69, 9.17) is 4.42 Å². The molecule has 0 atom stereocenters. The molecule has 1 heterocycles. The van der Waals surface area contributed by atoms with Crippen molar-refractivity contribution in [3.05, 3.63) is 64.0 Å². The minimum absolute atomic E-state index is 0.0218. The number of aromatic nitrogens is 2. The summed E-state index contributed by atoms with van der Waals surface area (Å²) >= 11 is 1.00. The number of carbonyl (C=O) groups excluding carboxylic acids is 1. The molecule has 0 radical (unpaired) electrons. The van der Waals surface area contributed by atoms with Crippen LogP contribution in [0.4, 0.5) is 15.8 Å². The Labute approximate surface area is 156 Å². The van der Waals surface area contributed by atoms with Gasteiger partial charge in [-0.15, -0.1) is 10.2 Å². The van der Waals surface area contributed by atoms with E-state index in [0.717, 1.165) is 11.8 Å². The lowest BCUT2D eigenvalue weighted by Crippen LogP contribution is -2.14. The molecule has 0 aliphatic heterocycles. The van der Waals surface area contributed by atoms with Crippen LogP contribution in [0.3, 0.4) is 0 Å². The summed E-state index contributed by atoms with van der Waals surface area (Å²) in [6.45, 7) is 1.63. The molecule has 3 aromatic rings. The smallest absolute Gasteiger partial charge is 0.277 e. The number of nitro groups is 1. The molecule has 1 amide bonds. The summed E-state index contributed by atoms with van der Waals surface area (Å²) < 4.78 is 18.9. The fourth-order valence-electron chi connectivity index (χ4n) is 2.13. The number of nitro benzene ring substituents is 1. The normalized spacial score (nSPS) is 10.6. The fourth-order valence-corrected chi connectivity index (χ4v) is 2.70. The van der Waals surface area contributed by atoms with Gasteiger partial charge in [-0.2, -0.15) is 0 Å². The molecule has 27 heavy (non-hydrogen) atoms. The number of hydrogen-bond donors (Lipinski definition) is 1. The Morgan fingerprint density at radius 2 is 2.11 bits per heavy atom. The Morgan fingerprint density at radius 3 is 2.85 bits per heavy atom. The Kier molecular flexibility index (Phi) is 5.46. The number of benzene rings is 2. The number of aryl methyl sites for hydroxylation is 1. The van der Waals surface area contributed by atoms with Crippen molar-refractivity contribution in [2.75, 3.05) is 11.1 Å². The second-order valence-electron chi connectivity index (χ2n) is 5.48. The predicted molar refractivity (Wildman–Crippen MR) is 96.9 cm³/mol. The molecule has 0 fully saturated rings. The van der Waals surface area contributed by atoms with Crippen molar-refractivity contribution in [1.29, 1.82) is 0 Å². The molecule has 0 aliphatic carbocycles. The number of nitrogens with one attached hydrogen (secondary N) is 1. The molecular formula is C17H13FN4O4S. The highest BCUT2D eigenvalue weighted by Gasteiger charge is 2.14. The van der Waals surface area contributed by atoms with Crippen molar-refractivity contribution in [3.8, 4) is 11.5 Å². The van der Waals surface area contributed by atoms with Gasteiger partial charge in [-0.25, -0.2) is 4.39 Å². The molecule has 8 nitrogen and oxygen atoms in total. The van der Waals surface area contributed by atoms with E-state index in [2.05, 4.69) is 15.5 Å². The first kappa shape index (κ1) is 18.5. The minimum atomic E-state index is -0.520. The second kappa shape index (κ2) is 7.96. The number of rotatable bonds is 6. The predicted octanol–water partition coefficient (Wildman–Crippen LogP) is 3.82. The molecule has 0 unspecified atom stereocenters. The highest BCUT2D eigenvalue weighted by atomic mass is 32.2. The molecule has 2 aromatic carbocycles. The summed E-state index contributed by atoms with van der Waals surface area (Å²) in [7, 11) is 0. The number of anilines is 1. The van der Waals surface area contributed by atoms with Gasteiger partial charge in [-0.05, 0) is 30.7 Å². The van der Waals surface area contributed by atoms with Gasteiger partial charge in [0.2, 0.25) is 11.8 Å². The zero-order chi connectivity index (χ0) is 19.4. The van der Waals surface area contributed by atoms with Gasteiger partial charge in [0.25, 0.3) is 10.9 Å². The maximum absolute atomic E-state index is 13.5. The van der Waals surface area contributed by atoms with Gasteiger partial charge in [0.05, 0.1) is 10.7 Å². The van der Waals surface area contributed by atoms with Crippen molar-refractivity contribution >= 4 is 29.0 Å². The average molecular weight is 388 g/mol. The van der Waals surface area contributed by atoms with Gasteiger partial charge < -0.3 is 9.73 Å². The summed E-state index contributed by atoms with van der Waals surface area (Å²) in [6, 6.07) is 10.2. The molecule has 0 spiro atoms. The van der Waals surface area contributed by atoms with Crippen molar-refractivity contribution in [2.24, 2.45) is 0 Å². The SMILES string of the molecule is Cc1ccc(NC(=O)CSc2nnc(-c3cccc([N+](=O)[O-])c3)o2)cc1F. The number of carbonyl (C=O) groups is 1. The van der Waals surface area contributed by atoms with Gasteiger partial charge in [0.15, 0.2) is 0 Å². The quantitative estimate of drug-likeness (QED) is 0.388. The van der Waals surface area contributed by atoms with Crippen LogP contribution in [0.2, 0.25) is 0 Å². The van der Waals surface area contributed by atoms with E-state index in [-0.39, 0.29) is 28.5 Å². The number of hydrogen-bond acceptors (Lipinski definition) is 7. The fraction of sp³-hybridized carbons (Fsp3) is 0.118. The van der Waals surface area contributed by atoms with E-state index in [9.17, 15) is 19.3 Å². The topological polar surface area (TPSA) is 111 Å². The minimum Gasteiger partial charge on any atom is -0.411 e. The van der Waals surface area contributed by atoms with Crippen LogP contribution in [-0.4, -0.2) is 26.8 Å². The first-order valence-electron chi connectivity index (χ1n) is 7.69. The molecule has 0 aliphatic rings. The third kappa shape index (κ3) is 4.67. The molecule has 10 heteroatoms. The summed E-state index contributed by atoms with van der Waals surface area (Å²) in [5, 5.41) is 21.2. The molecule has 0 saturated heterocycles. The van der Waals surface area contributed by atoms with Crippen LogP contribution in [0.25, 0.3) is 11.5 Å². The number of thioether (sulfide) groups is 1. The number of halogens is 1.